The lowest BCUT2D eigenvalue weighted by Gasteiger charge is -2.31. The Bertz CT molecular complexity index is 813. The summed E-state index contributed by atoms with van der Waals surface area (Å²) in [7, 11) is 1.35. The number of carbonyl (C=O) groups excluding carboxylic acids is 1. The van der Waals surface area contributed by atoms with Crippen LogP contribution in [0, 0.1) is 0 Å². The first kappa shape index (κ1) is 21.6. The zero-order valence-electron chi connectivity index (χ0n) is 16.6. The van der Waals surface area contributed by atoms with Crippen LogP contribution in [-0.4, -0.2) is 37.4 Å². The molecule has 3 atom stereocenters. The van der Waals surface area contributed by atoms with Gasteiger partial charge in [-0.05, 0) is 60.6 Å². The fourth-order valence-corrected chi connectivity index (χ4v) is 4.05. The van der Waals surface area contributed by atoms with E-state index in [0.717, 1.165) is 31.2 Å². The average molecular weight is 418 g/mol. The molecule has 0 aromatic heterocycles. The largest absolute Gasteiger partial charge is 0.482 e. The minimum Gasteiger partial charge on any atom is -0.482 e. The van der Waals surface area contributed by atoms with Gasteiger partial charge in [-0.15, -0.1) is 0 Å². The molecule has 2 unspecified atom stereocenters. The molecule has 29 heavy (non-hydrogen) atoms. The first-order chi connectivity index (χ1) is 14.0. The maximum atomic E-state index is 11.3. The highest BCUT2D eigenvalue weighted by Crippen LogP contribution is 2.34. The standard InChI is InChI=1S/C23H28ClNO4/c1-28-23(27)15-29-21-10-4-6-17(13-21)16-5-3-9-20(12-16)25-14-22(26)18-7-2-8-19(24)11-18/h2,4,6-8,10-11,13,16,20,22,25-26H,3,5,9,12,14-15H2,1H3/t16?,20?,22-/m0/s1. The van der Waals surface area contributed by atoms with Crippen molar-refractivity contribution in [3.63, 3.8) is 0 Å². The molecule has 1 fully saturated rings. The van der Waals surface area contributed by atoms with Gasteiger partial charge in [-0.1, -0.05) is 42.3 Å². The van der Waals surface area contributed by atoms with E-state index in [9.17, 15) is 9.90 Å². The maximum Gasteiger partial charge on any atom is 0.343 e. The highest BCUT2D eigenvalue weighted by Gasteiger charge is 2.24. The van der Waals surface area contributed by atoms with Crippen molar-refractivity contribution in [1.82, 2.24) is 5.32 Å². The van der Waals surface area contributed by atoms with Crippen LogP contribution in [0.25, 0.3) is 0 Å². The summed E-state index contributed by atoms with van der Waals surface area (Å²) in [6.45, 7) is 0.413. The minimum absolute atomic E-state index is 0.0871. The molecule has 1 aliphatic rings. The predicted octanol–water partition coefficient (Wildman–Crippen LogP) is 4.24. The van der Waals surface area contributed by atoms with E-state index in [2.05, 4.69) is 16.1 Å². The Balaban J connectivity index is 1.54. The van der Waals surface area contributed by atoms with Crippen LogP contribution in [0.1, 0.15) is 48.8 Å². The minimum atomic E-state index is -0.580. The molecule has 6 heteroatoms. The molecule has 0 saturated heterocycles. The number of halogens is 1. The van der Waals surface area contributed by atoms with Crippen LogP contribution in [-0.2, 0) is 9.53 Å². The van der Waals surface area contributed by atoms with Crippen LogP contribution in [0.3, 0.4) is 0 Å². The molecule has 156 valence electrons. The summed E-state index contributed by atoms with van der Waals surface area (Å²) in [5, 5.41) is 14.6. The fourth-order valence-electron chi connectivity index (χ4n) is 3.85. The third-order valence-corrected chi connectivity index (χ3v) is 5.66. The van der Waals surface area contributed by atoms with Gasteiger partial charge in [-0.25, -0.2) is 4.79 Å². The van der Waals surface area contributed by atoms with Crippen LogP contribution in [0.4, 0.5) is 0 Å². The van der Waals surface area contributed by atoms with Gasteiger partial charge in [-0.3, -0.25) is 0 Å². The van der Waals surface area contributed by atoms with E-state index >= 15 is 0 Å². The van der Waals surface area contributed by atoms with Crippen LogP contribution in [0.15, 0.2) is 48.5 Å². The Morgan fingerprint density at radius 1 is 1.24 bits per heavy atom. The number of methoxy groups -OCH3 is 1. The molecule has 2 aromatic rings. The van der Waals surface area contributed by atoms with E-state index in [-0.39, 0.29) is 6.61 Å². The summed E-state index contributed by atoms with van der Waals surface area (Å²) in [5.74, 6) is 0.709. The first-order valence-corrected chi connectivity index (χ1v) is 10.4. The monoisotopic (exact) mass is 417 g/mol. The predicted molar refractivity (Wildman–Crippen MR) is 113 cm³/mol. The van der Waals surface area contributed by atoms with E-state index in [1.54, 1.807) is 12.1 Å². The van der Waals surface area contributed by atoms with Gasteiger partial charge in [0.25, 0.3) is 0 Å². The molecule has 1 aliphatic carbocycles. The number of carbonyl (C=O) groups is 1. The molecule has 0 aliphatic heterocycles. The second-order valence-corrected chi connectivity index (χ2v) is 7.91. The normalized spacial score (nSPS) is 20.1. The van der Waals surface area contributed by atoms with Crippen molar-refractivity contribution in [1.29, 1.82) is 0 Å². The third kappa shape index (κ3) is 6.46. The van der Waals surface area contributed by atoms with Crippen molar-refractivity contribution >= 4 is 17.6 Å². The molecule has 5 nitrogen and oxygen atoms in total. The molecule has 1 saturated carbocycles. The van der Waals surface area contributed by atoms with Crippen LogP contribution in [0.5, 0.6) is 5.75 Å². The molecule has 0 bridgehead atoms. The van der Waals surface area contributed by atoms with Crippen molar-refractivity contribution in [3.05, 3.63) is 64.7 Å². The fraction of sp³-hybridized carbons (Fsp3) is 0.435. The van der Waals surface area contributed by atoms with Crippen molar-refractivity contribution in [3.8, 4) is 5.75 Å². The van der Waals surface area contributed by atoms with E-state index in [1.807, 2.05) is 30.3 Å². The smallest absolute Gasteiger partial charge is 0.343 e. The molecule has 3 rings (SSSR count). The topological polar surface area (TPSA) is 67.8 Å². The highest BCUT2D eigenvalue weighted by molar-refractivity contribution is 6.30. The van der Waals surface area contributed by atoms with Crippen LogP contribution in [0.2, 0.25) is 5.02 Å². The number of rotatable bonds is 8. The van der Waals surface area contributed by atoms with E-state index in [4.69, 9.17) is 16.3 Å². The molecule has 0 amide bonds. The molecule has 0 radical (unpaired) electrons. The second kappa shape index (κ2) is 10.6. The van der Waals surface area contributed by atoms with E-state index in [1.165, 1.54) is 12.7 Å². The second-order valence-electron chi connectivity index (χ2n) is 7.48. The Hall–Kier alpha value is -2.08. The van der Waals surface area contributed by atoms with Gasteiger partial charge < -0.3 is 19.9 Å². The van der Waals surface area contributed by atoms with Crippen LogP contribution >= 0.6 is 11.6 Å². The average Bonchev–Trinajstić information content (AvgIpc) is 2.76. The Morgan fingerprint density at radius 3 is 2.86 bits per heavy atom. The van der Waals surface area contributed by atoms with Crippen molar-refractivity contribution in [2.75, 3.05) is 20.3 Å². The van der Waals surface area contributed by atoms with Gasteiger partial charge in [0.1, 0.15) is 5.75 Å². The maximum absolute atomic E-state index is 11.3. The lowest BCUT2D eigenvalue weighted by atomic mass is 9.81. The SMILES string of the molecule is COC(=O)COc1cccc(C2CCCC(NC[C@H](O)c3cccc(Cl)c3)C2)c1. The van der Waals surface area contributed by atoms with Crippen molar-refractivity contribution < 1.29 is 19.4 Å². The molecule has 2 N–H and O–H groups in total. The molecule has 0 heterocycles. The summed E-state index contributed by atoms with van der Waals surface area (Å²) in [6, 6.07) is 15.6. The Kier molecular flexibility index (Phi) is 7.92. The van der Waals surface area contributed by atoms with Gasteiger partial charge >= 0.3 is 5.97 Å². The summed E-state index contributed by atoms with van der Waals surface area (Å²) in [4.78, 5) is 11.3. The Morgan fingerprint density at radius 2 is 2.07 bits per heavy atom. The zero-order chi connectivity index (χ0) is 20.6. The van der Waals surface area contributed by atoms with E-state index < -0.39 is 12.1 Å². The summed E-state index contributed by atoms with van der Waals surface area (Å²) in [6.07, 6.45) is 3.77. The molecular weight excluding hydrogens is 390 g/mol. The lowest BCUT2D eigenvalue weighted by Crippen LogP contribution is -2.36. The van der Waals surface area contributed by atoms with E-state index in [0.29, 0.717) is 29.3 Å². The Labute approximate surface area is 177 Å². The number of aliphatic hydroxyl groups is 1. The summed E-state index contributed by atoms with van der Waals surface area (Å²) < 4.78 is 10.1. The molecular formula is C23H28ClNO4. The van der Waals surface area contributed by atoms with Gasteiger partial charge in [0.05, 0.1) is 13.2 Å². The van der Waals surface area contributed by atoms with Gasteiger partial charge in [0.15, 0.2) is 6.61 Å². The number of aliphatic hydroxyl groups excluding tert-OH is 1. The highest BCUT2D eigenvalue weighted by atomic mass is 35.5. The zero-order valence-corrected chi connectivity index (χ0v) is 17.4. The van der Waals surface area contributed by atoms with Crippen molar-refractivity contribution in [2.24, 2.45) is 0 Å². The van der Waals surface area contributed by atoms with Gasteiger partial charge in [0.2, 0.25) is 0 Å². The van der Waals surface area contributed by atoms with Crippen molar-refractivity contribution in [2.45, 2.75) is 43.7 Å². The van der Waals surface area contributed by atoms with Gasteiger partial charge in [-0.2, -0.15) is 0 Å². The number of esters is 1. The molecule has 0 spiro atoms. The quantitative estimate of drug-likeness (QED) is 0.629. The number of hydrogen-bond acceptors (Lipinski definition) is 5. The summed E-state index contributed by atoms with van der Waals surface area (Å²) >= 11 is 6.02. The van der Waals surface area contributed by atoms with Gasteiger partial charge in [0, 0.05) is 17.6 Å². The molecule has 2 aromatic carbocycles. The third-order valence-electron chi connectivity index (χ3n) is 5.42. The number of benzene rings is 2. The number of hydrogen-bond donors (Lipinski definition) is 2. The number of ether oxygens (including phenoxy) is 2. The summed E-state index contributed by atoms with van der Waals surface area (Å²) in [5.41, 5.74) is 2.04. The van der Waals surface area contributed by atoms with Crippen LogP contribution < -0.4 is 10.1 Å². The number of nitrogens with one attached hydrogen (secondary N) is 1. The lowest BCUT2D eigenvalue weighted by molar-refractivity contribution is -0.142. The first-order valence-electron chi connectivity index (χ1n) is 10.0.